The second kappa shape index (κ2) is 5.98. The van der Waals surface area contributed by atoms with Gasteiger partial charge in [0.25, 0.3) is 0 Å². The van der Waals surface area contributed by atoms with Crippen LogP contribution in [0.5, 0.6) is 0 Å². The molecule has 0 spiro atoms. The summed E-state index contributed by atoms with van der Waals surface area (Å²) in [5.74, 6) is 0.573. The fourth-order valence-corrected chi connectivity index (χ4v) is 3.79. The van der Waals surface area contributed by atoms with Crippen molar-refractivity contribution < 1.29 is 4.74 Å². The van der Waals surface area contributed by atoms with Crippen molar-refractivity contribution in [1.29, 1.82) is 0 Å². The summed E-state index contributed by atoms with van der Waals surface area (Å²) in [7, 11) is 1.79. The number of hydrogen-bond acceptors (Lipinski definition) is 5. The molecule has 23 heavy (non-hydrogen) atoms. The van der Waals surface area contributed by atoms with Crippen LogP contribution < -0.4 is 5.73 Å². The zero-order valence-electron chi connectivity index (χ0n) is 13.6. The minimum absolute atomic E-state index is 0.280. The number of ether oxygens (including phenoxy) is 1. The number of hydrogen-bond donors (Lipinski definition) is 1. The molecule has 0 unspecified atom stereocenters. The van der Waals surface area contributed by atoms with Gasteiger partial charge in [-0.15, -0.1) is 0 Å². The van der Waals surface area contributed by atoms with E-state index in [1.807, 2.05) is 16.9 Å². The first-order valence-corrected chi connectivity index (χ1v) is 8.32. The second-order valence-corrected chi connectivity index (χ2v) is 6.59. The molecule has 0 amide bonds. The zero-order chi connectivity index (χ0) is 15.8. The molecular weight excluding hydrogens is 292 g/mol. The van der Waals surface area contributed by atoms with Gasteiger partial charge in [0.1, 0.15) is 5.82 Å². The molecule has 4 heterocycles. The predicted octanol–water partition coefficient (Wildman–Crippen LogP) is 0.897. The smallest absolute Gasteiger partial charge is 0.145 e. The maximum Gasteiger partial charge on any atom is 0.145 e. The lowest BCUT2D eigenvalue weighted by molar-refractivity contribution is 0.107. The van der Waals surface area contributed by atoms with E-state index in [-0.39, 0.29) is 6.10 Å². The van der Waals surface area contributed by atoms with Gasteiger partial charge >= 0.3 is 0 Å². The van der Waals surface area contributed by atoms with E-state index < -0.39 is 0 Å². The van der Waals surface area contributed by atoms with Gasteiger partial charge in [-0.2, -0.15) is 10.2 Å². The quantitative estimate of drug-likeness (QED) is 0.887. The van der Waals surface area contributed by atoms with E-state index >= 15 is 0 Å². The highest BCUT2D eigenvalue weighted by molar-refractivity contribution is 5.23. The van der Waals surface area contributed by atoms with Crippen LogP contribution in [0.2, 0.25) is 0 Å². The molecule has 2 aliphatic rings. The van der Waals surface area contributed by atoms with Gasteiger partial charge in [-0.1, -0.05) is 0 Å². The van der Waals surface area contributed by atoms with Crippen LogP contribution in [0.3, 0.4) is 0 Å². The van der Waals surface area contributed by atoms with Gasteiger partial charge in [-0.25, -0.2) is 0 Å². The molecule has 0 aliphatic carbocycles. The SMILES string of the molecule is CO[C@@H]1C[C@@H](Cn2ccc(N)n2)N(Cc2cc3n(n2)CCC3)C1. The van der Waals surface area contributed by atoms with Crippen LogP contribution in [-0.2, 0) is 30.8 Å². The predicted molar refractivity (Wildman–Crippen MR) is 86.8 cm³/mol. The van der Waals surface area contributed by atoms with E-state index in [0.29, 0.717) is 11.9 Å². The number of aryl methyl sites for hydroxylation is 2. The highest BCUT2D eigenvalue weighted by Crippen LogP contribution is 2.24. The number of likely N-dealkylation sites (tertiary alicyclic amines) is 1. The summed E-state index contributed by atoms with van der Waals surface area (Å²) in [6.45, 7) is 3.72. The van der Waals surface area contributed by atoms with Gasteiger partial charge in [-0.3, -0.25) is 14.3 Å². The largest absolute Gasteiger partial charge is 0.382 e. The highest BCUT2D eigenvalue weighted by atomic mass is 16.5. The van der Waals surface area contributed by atoms with Crippen LogP contribution >= 0.6 is 0 Å². The van der Waals surface area contributed by atoms with Gasteiger partial charge in [0.15, 0.2) is 0 Å². The molecule has 7 heteroatoms. The van der Waals surface area contributed by atoms with E-state index in [2.05, 4.69) is 20.7 Å². The topological polar surface area (TPSA) is 74.1 Å². The van der Waals surface area contributed by atoms with Crippen LogP contribution in [-0.4, -0.2) is 50.3 Å². The van der Waals surface area contributed by atoms with Gasteiger partial charge in [0, 0.05) is 44.7 Å². The van der Waals surface area contributed by atoms with Gasteiger partial charge < -0.3 is 10.5 Å². The van der Waals surface area contributed by atoms with Crippen LogP contribution in [0.25, 0.3) is 0 Å². The van der Waals surface area contributed by atoms with E-state index in [1.54, 1.807) is 7.11 Å². The molecule has 0 aromatic carbocycles. The molecule has 4 rings (SSSR count). The van der Waals surface area contributed by atoms with Crippen molar-refractivity contribution in [3.63, 3.8) is 0 Å². The fraction of sp³-hybridized carbons (Fsp3) is 0.625. The van der Waals surface area contributed by atoms with Crippen LogP contribution in [0.4, 0.5) is 5.82 Å². The number of nitrogens with two attached hydrogens (primary N) is 1. The summed E-state index contributed by atoms with van der Waals surface area (Å²) >= 11 is 0. The molecule has 1 saturated heterocycles. The Balaban J connectivity index is 1.47. The standard InChI is InChI=1S/C16H24N6O/c1-23-15-8-14(10-21-6-4-16(17)19-21)20(11-15)9-12-7-13-3-2-5-22(13)18-12/h4,6-7,14-15H,2-3,5,8-11H2,1H3,(H2,17,19)/t14-,15+/m0/s1. The molecule has 2 aliphatic heterocycles. The number of fused-ring (bicyclic) bond motifs is 1. The number of aromatic nitrogens is 4. The van der Waals surface area contributed by atoms with Crippen LogP contribution in [0, 0.1) is 0 Å². The van der Waals surface area contributed by atoms with Gasteiger partial charge in [0.2, 0.25) is 0 Å². The molecular formula is C16H24N6O. The summed E-state index contributed by atoms with van der Waals surface area (Å²) in [4.78, 5) is 2.46. The molecule has 7 nitrogen and oxygen atoms in total. The Morgan fingerprint density at radius 3 is 3.04 bits per heavy atom. The van der Waals surface area contributed by atoms with Crippen molar-refractivity contribution in [3.8, 4) is 0 Å². The lowest BCUT2D eigenvalue weighted by Crippen LogP contribution is -2.33. The second-order valence-electron chi connectivity index (χ2n) is 6.59. The van der Waals surface area contributed by atoms with Crippen molar-refractivity contribution in [2.24, 2.45) is 0 Å². The Labute approximate surface area is 136 Å². The highest BCUT2D eigenvalue weighted by Gasteiger charge is 2.33. The fourth-order valence-electron chi connectivity index (χ4n) is 3.79. The van der Waals surface area contributed by atoms with Crippen LogP contribution in [0.15, 0.2) is 18.3 Å². The summed E-state index contributed by atoms with van der Waals surface area (Å²) in [5, 5.41) is 9.06. The minimum atomic E-state index is 0.280. The molecule has 2 atom stereocenters. The first kappa shape index (κ1) is 14.7. The van der Waals surface area contributed by atoms with Crippen LogP contribution in [0.1, 0.15) is 24.2 Å². The van der Waals surface area contributed by atoms with Crippen molar-refractivity contribution in [3.05, 3.63) is 29.7 Å². The summed E-state index contributed by atoms with van der Waals surface area (Å²) < 4.78 is 9.68. The number of rotatable bonds is 5. The minimum Gasteiger partial charge on any atom is -0.382 e. The van der Waals surface area contributed by atoms with E-state index in [1.165, 1.54) is 17.8 Å². The first-order valence-electron chi connectivity index (χ1n) is 8.32. The van der Waals surface area contributed by atoms with Gasteiger partial charge in [-0.05, 0) is 31.4 Å². The molecule has 2 aromatic rings. The Bertz CT molecular complexity index is 656. The third-order valence-corrected chi connectivity index (χ3v) is 4.96. The van der Waals surface area contributed by atoms with Crippen molar-refractivity contribution >= 4 is 5.82 Å². The Hall–Kier alpha value is -1.86. The number of methoxy groups -OCH3 is 1. The Morgan fingerprint density at radius 1 is 1.39 bits per heavy atom. The maximum absolute atomic E-state index is 5.72. The summed E-state index contributed by atoms with van der Waals surface area (Å²) in [5.41, 5.74) is 8.26. The van der Waals surface area contributed by atoms with E-state index in [9.17, 15) is 0 Å². The van der Waals surface area contributed by atoms with Gasteiger partial charge in [0.05, 0.1) is 18.3 Å². The molecule has 2 aromatic heterocycles. The van der Waals surface area contributed by atoms with E-state index in [4.69, 9.17) is 15.6 Å². The third kappa shape index (κ3) is 2.98. The lowest BCUT2D eigenvalue weighted by Gasteiger charge is -2.23. The van der Waals surface area contributed by atoms with E-state index in [0.717, 1.165) is 39.0 Å². The average Bonchev–Trinajstić information content (AvgIpc) is 3.25. The number of anilines is 1. The number of nitrogen functional groups attached to an aromatic ring is 1. The summed E-state index contributed by atoms with van der Waals surface area (Å²) in [6, 6.07) is 4.50. The number of nitrogens with zero attached hydrogens (tertiary/aromatic N) is 5. The molecule has 0 radical (unpaired) electrons. The maximum atomic E-state index is 5.72. The Morgan fingerprint density at radius 2 is 2.30 bits per heavy atom. The molecule has 2 N–H and O–H groups in total. The lowest BCUT2D eigenvalue weighted by atomic mass is 10.2. The van der Waals surface area contributed by atoms with Crippen molar-refractivity contribution in [2.45, 2.75) is 51.0 Å². The molecule has 1 fully saturated rings. The normalized spacial score (nSPS) is 24.4. The zero-order valence-corrected chi connectivity index (χ0v) is 13.6. The monoisotopic (exact) mass is 316 g/mol. The summed E-state index contributed by atoms with van der Waals surface area (Å²) in [6.07, 6.45) is 5.62. The molecule has 0 saturated carbocycles. The average molecular weight is 316 g/mol. The van der Waals surface area contributed by atoms with Crippen molar-refractivity contribution in [2.75, 3.05) is 19.4 Å². The molecule has 124 valence electrons. The third-order valence-electron chi connectivity index (χ3n) is 4.96. The Kier molecular flexibility index (Phi) is 3.82. The first-order chi connectivity index (χ1) is 11.2. The van der Waals surface area contributed by atoms with Crippen molar-refractivity contribution in [1.82, 2.24) is 24.5 Å². The molecule has 0 bridgehead atoms.